The average molecular weight is 324 g/mol. The first-order valence-electron chi connectivity index (χ1n) is 8.40. The van der Waals surface area contributed by atoms with Gasteiger partial charge in [-0.05, 0) is 49.3 Å². The molecule has 2 N–H and O–H groups in total. The van der Waals surface area contributed by atoms with Crippen molar-refractivity contribution in [3.05, 3.63) is 36.7 Å². The minimum Gasteiger partial charge on any atom is -0.335 e. The van der Waals surface area contributed by atoms with E-state index in [2.05, 4.69) is 15.6 Å². The van der Waals surface area contributed by atoms with Crippen LogP contribution in [0, 0.1) is 0 Å². The molecule has 0 atom stereocenters. The molecule has 0 spiro atoms. The summed E-state index contributed by atoms with van der Waals surface area (Å²) in [5.74, 6) is 0.0275. The minimum atomic E-state index is -0.358. The second-order valence-electron chi connectivity index (χ2n) is 6.51. The van der Waals surface area contributed by atoms with Gasteiger partial charge in [-0.1, -0.05) is 6.07 Å². The van der Waals surface area contributed by atoms with Crippen molar-refractivity contribution in [2.45, 2.75) is 37.8 Å². The van der Waals surface area contributed by atoms with Crippen LogP contribution in [0.3, 0.4) is 0 Å². The van der Waals surface area contributed by atoms with Gasteiger partial charge >= 0.3 is 6.03 Å². The second kappa shape index (κ2) is 6.11. The lowest BCUT2D eigenvalue weighted by atomic mass is 10.0. The van der Waals surface area contributed by atoms with Crippen molar-refractivity contribution in [3.63, 3.8) is 0 Å². The normalized spacial score (nSPS) is 21.9. The first-order valence-corrected chi connectivity index (χ1v) is 8.40. The number of carbonyl (C=O) groups is 2. The Morgan fingerprint density at radius 2 is 1.83 bits per heavy atom. The third-order valence-corrected chi connectivity index (χ3v) is 5.04. The van der Waals surface area contributed by atoms with Crippen molar-refractivity contribution in [1.29, 1.82) is 0 Å². The van der Waals surface area contributed by atoms with E-state index in [1.807, 2.05) is 29.2 Å². The summed E-state index contributed by atoms with van der Waals surface area (Å²) in [5.41, 5.74) is 0.694. The highest BCUT2D eigenvalue weighted by atomic mass is 16.2. The van der Waals surface area contributed by atoms with Crippen LogP contribution in [0.5, 0.6) is 0 Å². The molecule has 4 rings (SSSR count). The van der Waals surface area contributed by atoms with E-state index in [9.17, 15) is 9.59 Å². The maximum Gasteiger partial charge on any atom is 0.319 e. The van der Waals surface area contributed by atoms with Crippen LogP contribution < -0.4 is 10.6 Å². The number of carbonyl (C=O) groups excluding carboxylic acids is 2. The molecule has 2 aliphatic heterocycles. The molecule has 6 heteroatoms. The Balaban J connectivity index is 1.33. The van der Waals surface area contributed by atoms with Gasteiger partial charge in [0.2, 0.25) is 5.91 Å². The van der Waals surface area contributed by atoms with Crippen molar-refractivity contribution >= 4 is 28.4 Å². The van der Waals surface area contributed by atoms with Gasteiger partial charge in [-0.2, -0.15) is 0 Å². The van der Waals surface area contributed by atoms with Crippen molar-refractivity contribution < 1.29 is 9.59 Å². The molecule has 124 valence electrons. The molecule has 1 aromatic carbocycles. The van der Waals surface area contributed by atoms with E-state index in [-0.39, 0.29) is 18.5 Å². The Hall–Kier alpha value is -2.63. The van der Waals surface area contributed by atoms with Crippen LogP contribution in [-0.4, -0.2) is 40.5 Å². The summed E-state index contributed by atoms with van der Waals surface area (Å²) in [6.45, 7) is 0.0519. The van der Waals surface area contributed by atoms with Crippen molar-refractivity contribution in [3.8, 4) is 0 Å². The highest BCUT2D eigenvalue weighted by Gasteiger charge is 2.41. The van der Waals surface area contributed by atoms with Crippen LogP contribution in [0.4, 0.5) is 10.5 Å². The van der Waals surface area contributed by atoms with Crippen LogP contribution in [0.1, 0.15) is 25.7 Å². The topological polar surface area (TPSA) is 74.3 Å². The Kier molecular flexibility index (Phi) is 3.80. The van der Waals surface area contributed by atoms with E-state index < -0.39 is 0 Å². The number of benzene rings is 1. The van der Waals surface area contributed by atoms with Crippen molar-refractivity contribution in [2.24, 2.45) is 0 Å². The summed E-state index contributed by atoms with van der Waals surface area (Å²) in [6.07, 6.45) is 7.92. The molecule has 6 nitrogen and oxygen atoms in total. The molecule has 0 aliphatic carbocycles. The van der Waals surface area contributed by atoms with Gasteiger partial charge in [-0.3, -0.25) is 9.78 Å². The number of hydrogen-bond acceptors (Lipinski definition) is 3. The van der Waals surface area contributed by atoms with Crippen LogP contribution in [0.2, 0.25) is 0 Å². The van der Waals surface area contributed by atoms with Crippen LogP contribution in [-0.2, 0) is 4.79 Å². The predicted molar refractivity (Wildman–Crippen MR) is 91.7 cm³/mol. The lowest BCUT2D eigenvalue weighted by Crippen LogP contribution is -2.43. The fourth-order valence-corrected chi connectivity index (χ4v) is 3.90. The maximum absolute atomic E-state index is 12.3. The highest BCUT2D eigenvalue weighted by Crippen LogP contribution is 2.37. The Morgan fingerprint density at radius 1 is 1.08 bits per heavy atom. The van der Waals surface area contributed by atoms with Crippen LogP contribution in [0.25, 0.3) is 10.8 Å². The number of rotatable bonds is 3. The first kappa shape index (κ1) is 14.9. The number of fused-ring (bicyclic) bond motifs is 3. The van der Waals surface area contributed by atoms with E-state index in [1.165, 1.54) is 0 Å². The molecule has 0 saturated carbocycles. The quantitative estimate of drug-likeness (QED) is 0.911. The minimum absolute atomic E-state index is 0.0275. The molecule has 2 fully saturated rings. The summed E-state index contributed by atoms with van der Waals surface area (Å²) in [5, 5.41) is 7.47. The Bertz CT molecular complexity index is 771. The van der Waals surface area contributed by atoms with Gasteiger partial charge in [-0.15, -0.1) is 0 Å². The predicted octanol–water partition coefficient (Wildman–Crippen LogP) is 2.51. The molecule has 2 saturated heterocycles. The summed E-state index contributed by atoms with van der Waals surface area (Å²) in [4.78, 5) is 30.4. The van der Waals surface area contributed by atoms with Crippen molar-refractivity contribution in [1.82, 2.24) is 15.2 Å². The summed E-state index contributed by atoms with van der Waals surface area (Å²) >= 11 is 0. The highest BCUT2D eigenvalue weighted by molar-refractivity contribution is 5.95. The van der Waals surface area contributed by atoms with Crippen LogP contribution in [0.15, 0.2) is 36.7 Å². The zero-order valence-corrected chi connectivity index (χ0v) is 13.4. The fraction of sp³-hybridized carbons (Fsp3) is 0.389. The molecule has 3 amide bonds. The molecule has 2 aromatic rings. The molecular weight excluding hydrogens is 304 g/mol. The number of aromatic nitrogens is 1. The van der Waals surface area contributed by atoms with Gasteiger partial charge in [0.15, 0.2) is 0 Å². The van der Waals surface area contributed by atoms with E-state index in [1.54, 1.807) is 12.4 Å². The number of amides is 3. The summed E-state index contributed by atoms with van der Waals surface area (Å²) in [6, 6.07) is 7.94. The third kappa shape index (κ3) is 2.79. The largest absolute Gasteiger partial charge is 0.335 e. The molecule has 2 bridgehead atoms. The van der Waals surface area contributed by atoms with E-state index >= 15 is 0 Å². The van der Waals surface area contributed by atoms with Crippen molar-refractivity contribution in [2.75, 3.05) is 11.9 Å². The zero-order chi connectivity index (χ0) is 16.5. The third-order valence-electron chi connectivity index (χ3n) is 5.04. The van der Waals surface area contributed by atoms with Gasteiger partial charge in [-0.25, -0.2) is 4.79 Å². The standard InChI is InChI=1S/C18H20N4O2/c23-17(22-15-3-4-16(22)6-5-15)11-20-18(24)21-14-2-1-13-10-19-8-7-12(13)9-14/h1-2,7-10,15-16H,3-6,11H2,(H2,20,21,24). The van der Waals surface area contributed by atoms with Gasteiger partial charge in [0, 0.05) is 35.6 Å². The number of hydrogen-bond donors (Lipinski definition) is 2. The number of nitrogens with one attached hydrogen (secondary N) is 2. The first-order chi connectivity index (χ1) is 11.7. The zero-order valence-electron chi connectivity index (χ0n) is 13.4. The van der Waals surface area contributed by atoms with Crippen LogP contribution >= 0.6 is 0 Å². The molecule has 0 unspecified atom stereocenters. The second-order valence-corrected chi connectivity index (χ2v) is 6.51. The number of anilines is 1. The van der Waals surface area contributed by atoms with Gasteiger partial charge in [0.25, 0.3) is 0 Å². The lowest BCUT2D eigenvalue weighted by molar-refractivity contribution is -0.131. The van der Waals surface area contributed by atoms with E-state index in [0.717, 1.165) is 36.5 Å². The lowest BCUT2D eigenvalue weighted by Gasteiger charge is -2.22. The summed E-state index contributed by atoms with van der Waals surface area (Å²) < 4.78 is 0. The Labute approximate surface area is 140 Å². The molecule has 24 heavy (non-hydrogen) atoms. The molecular formula is C18H20N4O2. The fourth-order valence-electron chi connectivity index (χ4n) is 3.90. The molecule has 2 aliphatic rings. The maximum atomic E-state index is 12.3. The molecule has 3 heterocycles. The number of pyridine rings is 1. The number of nitrogens with zero attached hydrogens (tertiary/aromatic N) is 2. The van der Waals surface area contributed by atoms with Gasteiger partial charge in [0.05, 0.1) is 6.54 Å². The Morgan fingerprint density at radius 3 is 2.58 bits per heavy atom. The summed E-state index contributed by atoms with van der Waals surface area (Å²) in [7, 11) is 0. The average Bonchev–Trinajstić information content (AvgIpc) is 3.20. The smallest absolute Gasteiger partial charge is 0.319 e. The molecule has 0 radical (unpaired) electrons. The molecule has 1 aromatic heterocycles. The van der Waals surface area contributed by atoms with E-state index in [4.69, 9.17) is 0 Å². The van der Waals surface area contributed by atoms with Gasteiger partial charge in [0.1, 0.15) is 0 Å². The monoisotopic (exact) mass is 324 g/mol. The van der Waals surface area contributed by atoms with E-state index in [0.29, 0.717) is 17.8 Å². The van der Waals surface area contributed by atoms with Gasteiger partial charge < -0.3 is 15.5 Å². The SMILES string of the molecule is O=C(NCC(=O)N1C2CCC1CC2)Nc1ccc2cnccc2c1. The number of urea groups is 1.